The van der Waals surface area contributed by atoms with Crippen molar-refractivity contribution in [1.29, 1.82) is 0 Å². The lowest BCUT2D eigenvalue weighted by atomic mass is 10.1. The first kappa shape index (κ1) is 17.9. The number of halogens is 2. The van der Waals surface area contributed by atoms with E-state index < -0.39 is 0 Å². The Morgan fingerprint density at radius 1 is 1.48 bits per heavy atom. The number of nitrogens with two attached hydrogens (primary N) is 2. The Morgan fingerprint density at radius 2 is 2.24 bits per heavy atom. The van der Waals surface area contributed by atoms with Gasteiger partial charge in [0.2, 0.25) is 0 Å². The maximum absolute atomic E-state index is 12.0. The van der Waals surface area contributed by atoms with Gasteiger partial charge in [-0.2, -0.15) is 0 Å². The predicted molar refractivity (Wildman–Crippen MR) is 89.6 cm³/mol. The second-order valence-electron chi connectivity index (χ2n) is 4.65. The summed E-state index contributed by atoms with van der Waals surface area (Å²) in [4.78, 5) is 19.2. The molecule has 1 amide bonds. The zero-order valence-electron chi connectivity index (χ0n) is 11.4. The highest BCUT2D eigenvalue weighted by atomic mass is 79.9. The summed E-state index contributed by atoms with van der Waals surface area (Å²) in [5.74, 6) is 0.0460. The number of carbonyl (C=O) groups excluding carboxylic acids is 1. The molecule has 1 atom stereocenters. The molecule has 116 valence electrons. The van der Waals surface area contributed by atoms with Gasteiger partial charge < -0.3 is 21.8 Å². The number of benzene rings is 1. The van der Waals surface area contributed by atoms with Gasteiger partial charge in [-0.1, -0.05) is 15.9 Å². The van der Waals surface area contributed by atoms with Crippen LogP contribution in [0.15, 0.2) is 22.7 Å². The van der Waals surface area contributed by atoms with Crippen LogP contribution in [0.3, 0.4) is 0 Å². The highest BCUT2D eigenvalue weighted by Crippen LogP contribution is 2.17. The van der Waals surface area contributed by atoms with Crippen molar-refractivity contribution < 1.29 is 4.79 Å². The number of aromatic amines is 1. The van der Waals surface area contributed by atoms with Crippen molar-refractivity contribution in [2.24, 2.45) is 11.5 Å². The minimum atomic E-state index is -0.250. The van der Waals surface area contributed by atoms with Crippen LogP contribution in [-0.4, -0.2) is 35.0 Å². The summed E-state index contributed by atoms with van der Waals surface area (Å²) < 4.78 is 0.923. The number of carbonyl (C=O) groups is 1. The maximum Gasteiger partial charge on any atom is 0.287 e. The van der Waals surface area contributed by atoms with Crippen LogP contribution >= 0.6 is 28.3 Å². The van der Waals surface area contributed by atoms with E-state index in [2.05, 4.69) is 31.2 Å². The largest absolute Gasteiger partial charge is 0.348 e. The third kappa shape index (κ3) is 4.96. The van der Waals surface area contributed by atoms with Crippen molar-refractivity contribution in [3.63, 3.8) is 0 Å². The SMILES string of the molecule is Cl.NCCCC(N)CNC(=O)c1nc2cc(Br)ccc2[nH]1. The molecule has 0 aliphatic heterocycles. The summed E-state index contributed by atoms with van der Waals surface area (Å²) >= 11 is 3.37. The molecule has 0 fully saturated rings. The van der Waals surface area contributed by atoms with Crippen LogP contribution in [0.1, 0.15) is 23.5 Å². The van der Waals surface area contributed by atoms with E-state index in [1.807, 2.05) is 18.2 Å². The molecule has 0 radical (unpaired) electrons. The van der Waals surface area contributed by atoms with Crippen LogP contribution in [0.2, 0.25) is 0 Å². The number of H-pyrrole nitrogens is 1. The Balaban J connectivity index is 0.00000220. The molecule has 1 heterocycles. The quantitative estimate of drug-likeness (QED) is 0.613. The summed E-state index contributed by atoms with van der Waals surface area (Å²) in [6.45, 7) is 1.03. The van der Waals surface area contributed by atoms with Gasteiger partial charge in [0, 0.05) is 17.1 Å². The molecular formula is C13H19BrClN5O. The van der Waals surface area contributed by atoms with Crippen molar-refractivity contribution in [1.82, 2.24) is 15.3 Å². The summed E-state index contributed by atoms with van der Waals surface area (Å²) in [5, 5.41) is 2.77. The molecule has 1 unspecified atom stereocenters. The normalized spacial score (nSPS) is 12.0. The monoisotopic (exact) mass is 375 g/mol. The van der Waals surface area contributed by atoms with Crippen LogP contribution in [-0.2, 0) is 0 Å². The molecule has 0 saturated carbocycles. The van der Waals surface area contributed by atoms with Gasteiger partial charge in [0.15, 0.2) is 5.82 Å². The smallest absolute Gasteiger partial charge is 0.287 e. The number of amides is 1. The number of hydrogen-bond acceptors (Lipinski definition) is 4. The Labute approximate surface area is 137 Å². The molecule has 0 saturated heterocycles. The van der Waals surface area contributed by atoms with Gasteiger partial charge in [-0.15, -0.1) is 12.4 Å². The van der Waals surface area contributed by atoms with Crippen molar-refractivity contribution in [3.8, 4) is 0 Å². The number of fused-ring (bicyclic) bond motifs is 1. The summed E-state index contributed by atoms with van der Waals surface area (Å²) in [6, 6.07) is 5.54. The Kier molecular flexibility index (Phi) is 7.10. The van der Waals surface area contributed by atoms with Crippen molar-refractivity contribution in [2.75, 3.05) is 13.1 Å². The van der Waals surface area contributed by atoms with E-state index in [1.54, 1.807) is 0 Å². The molecule has 1 aromatic heterocycles. The van der Waals surface area contributed by atoms with E-state index in [1.165, 1.54) is 0 Å². The number of hydrogen-bond donors (Lipinski definition) is 4. The van der Waals surface area contributed by atoms with Gasteiger partial charge in [0.1, 0.15) is 0 Å². The minimum absolute atomic E-state index is 0. The third-order valence-corrected chi connectivity index (χ3v) is 3.46. The van der Waals surface area contributed by atoms with Crippen molar-refractivity contribution in [3.05, 3.63) is 28.5 Å². The lowest BCUT2D eigenvalue weighted by molar-refractivity contribution is 0.0941. The van der Waals surface area contributed by atoms with E-state index in [0.29, 0.717) is 18.9 Å². The average molecular weight is 377 g/mol. The molecule has 0 spiro atoms. The van der Waals surface area contributed by atoms with E-state index in [4.69, 9.17) is 11.5 Å². The molecule has 21 heavy (non-hydrogen) atoms. The Bertz CT molecular complexity index is 603. The first-order valence-electron chi connectivity index (χ1n) is 6.49. The van der Waals surface area contributed by atoms with E-state index in [9.17, 15) is 4.79 Å². The zero-order valence-corrected chi connectivity index (χ0v) is 13.8. The van der Waals surface area contributed by atoms with Crippen LogP contribution < -0.4 is 16.8 Å². The highest BCUT2D eigenvalue weighted by Gasteiger charge is 2.12. The van der Waals surface area contributed by atoms with Gasteiger partial charge in [-0.25, -0.2) is 4.98 Å². The van der Waals surface area contributed by atoms with Crippen molar-refractivity contribution >= 4 is 45.3 Å². The predicted octanol–water partition coefficient (Wildman–Crippen LogP) is 1.54. The Hall–Kier alpha value is -1.15. The molecule has 2 aromatic rings. The molecular weight excluding hydrogens is 358 g/mol. The molecule has 6 N–H and O–H groups in total. The summed E-state index contributed by atoms with van der Waals surface area (Å²) in [7, 11) is 0. The van der Waals surface area contributed by atoms with E-state index in [-0.39, 0.29) is 24.4 Å². The number of aromatic nitrogens is 2. The van der Waals surface area contributed by atoms with Gasteiger partial charge >= 0.3 is 0 Å². The van der Waals surface area contributed by atoms with Crippen molar-refractivity contribution in [2.45, 2.75) is 18.9 Å². The second kappa shape index (κ2) is 8.33. The first-order chi connectivity index (χ1) is 9.60. The Morgan fingerprint density at radius 3 is 2.95 bits per heavy atom. The van der Waals surface area contributed by atoms with Gasteiger partial charge in [-0.05, 0) is 37.6 Å². The second-order valence-corrected chi connectivity index (χ2v) is 5.56. The number of nitrogens with zero attached hydrogens (tertiary/aromatic N) is 1. The molecule has 6 nitrogen and oxygen atoms in total. The number of nitrogens with one attached hydrogen (secondary N) is 2. The topological polar surface area (TPSA) is 110 Å². The highest BCUT2D eigenvalue weighted by molar-refractivity contribution is 9.10. The number of imidazole rings is 1. The fraction of sp³-hybridized carbons (Fsp3) is 0.385. The van der Waals surface area contributed by atoms with Crippen LogP contribution in [0, 0.1) is 0 Å². The van der Waals surface area contributed by atoms with Gasteiger partial charge in [0.25, 0.3) is 5.91 Å². The fourth-order valence-corrected chi connectivity index (χ4v) is 2.23. The zero-order chi connectivity index (χ0) is 14.5. The minimum Gasteiger partial charge on any atom is -0.348 e. The molecule has 8 heteroatoms. The average Bonchev–Trinajstić information content (AvgIpc) is 2.85. The number of rotatable bonds is 6. The van der Waals surface area contributed by atoms with Gasteiger partial charge in [-0.3, -0.25) is 4.79 Å². The van der Waals surface area contributed by atoms with E-state index in [0.717, 1.165) is 28.3 Å². The molecule has 0 aliphatic rings. The standard InChI is InChI=1S/C13H18BrN5O.ClH/c14-8-3-4-10-11(6-8)19-12(18-10)13(20)17-7-9(16)2-1-5-15;/h3-4,6,9H,1-2,5,7,15-16H2,(H,17,20)(H,18,19);1H. The van der Waals surface area contributed by atoms with Crippen LogP contribution in [0.25, 0.3) is 11.0 Å². The van der Waals surface area contributed by atoms with E-state index >= 15 is 0 Å². The van der Waals surface area contributed by atoms with Crippen LogP contribution in [0.4, 0.5) is 0 Å². The maximum atomic E-state index is 12.0. The lowest BCUT2D eigenvalue weighted by Crippen LogP contribution is -2.37. The summed E-state index contributed by atoms with van der Waals surface area (Å²) in [5.41, 5.74) is 12.9. The van der Waals surface area contributed by atoms with Gasteiger partial charge in [0.05, 0.1) is 11.0 Å². The fourth-order valence-electron chi connectivity index (χ4n) is 1.88. The summed E-state index contributed by atoms with van der Waals surface area (Å²) in [6.07, 6.45) is 1.65. The van der Waals surface area contributed by atoms with Crippen LogP contribution in [0.5, 0.6) is 0 Å². The molecule has 2 rings (SSSR count). The lowest BCUT2D eigenvalue weighted by Gasteiger charge is -2.11. The molecule has 0 bridgehead atoms. The third-order valence-electron chi connectivity index (χ3n) is 2.96. The molecule has 0 aliphatic carbocycles. The molecule has 1 aromatic carbocycles. The first-order valence-corrected chi connectivity index (χ1v) is 7.28.